The van der Waals surface area contributed by atoms with Gasteiger partial charge in [-0.2, -0.15) is 0 Å². The van der Waals surface area contributed by atoms with Crippen LogP contribution in [0.4, 0.5) is 0 Å². The number of carboxylic acid groups (broad SMARTS) is 1. The summed E-state index contributed by atoms with van der Waals surface area (Å²) >= 11 is 0. The first-order valence-electron chi connectivity index (χ1n) is 10.5. The van der Waals surface area contributed by atoms with Crippen LogP contribution < -0.4 is 0 Å². The largest absolute Gasteiger partial charge is 0.478 e. The number of ketones is 1. The van der Waals surface area contributed by atoms with E-state index in [-0.39, 0.29) is 22.3 Å². The van der Waals surface area contributed by atoms with Crippen LogP contribution in [0.25, 0.3) is 0 Å². The van der Waals surface area contributed by atoms with Gasteiger partial charge in [-0.05, 0) is 91.1 Å². The molecule has 3 nitrogen and oxygen atoms in total. The van der Waals surface area contributed by atoms with Gasteiger partial charge >= 0.3 is 5.97 Å². The van der Waals surface area contributed by atoms with Crippen molar-refractivity contribution in [3.8, 4) is 0 Å². The van der Waals surface area contributed by atoms with E-state index < -0.39 is 5.97 Å². The number of hydrogen-bond acceptors (Lipinski definition) is 2. The van der Waals surface area contributed by atoms with Crippen molar-refractivity contribution < 1.29 is 14.7 Å². The van der Waals surface area contributed by atoms with E-state index in [0.717, 1.165) is 31.3 Å². The van der Waals surface area contributed by atoms with Gasteiger partial charge in [-0.1, -0.05) is 32.6 Å². The summed E-state index contributed by atoms with van der Waals surface area (Å²) in [5.74, 6) is 1.60. The minimum Gasteiger partial charge on any atom is -0.478 e. The second-order valence-corrected chi connectivity index (χ2v) is 9.95. The Morgan fingerprint density at radius 2 is 1.81 bits per heavy atom. The van der Waals surface area contributed by atoms with Gasteiger partial charge < -0.3 is 5.11 Å². The fourth-order valence-corrected chi connectivity index (χ4v) is 7.48. The van der Waals surface area contributed by atoms with Crippen molar-refractivity contribution in [2.45, 2.75) is 65.2 Å². The summed E-state index contributed by atoms with van der Waals surface area (Å²) in [4.78, 5) is 23.4. The zero-order valence-electron chi connectivity index (χ0n) is 16.7. The molecule has 4 aliphatic carbocycles. The highest BCUT2D eigenvalue weighted by molar-refractivity contribution is 5.92. The SMILES string of the molecule is C=C(C(=C)[C@H]1CC[C@H]2[C@@H]3CCC4=CC(=O)CC[C@]4(C)[C@H]3CC[C@]12C)C(=O)O. The molecule has 0 bridgehead atoms. The molecule has 0 aromatic rings. The monoisotopic (exact) mass is 368 g/mol. The molecule has 0 heterocycles. The zero-order chi connectivity index (χ0) is 19.6. The lowest BCUT2D eigenvalue weighted by Crippen LogP contribution is -2.50. The highest BCUT2D eigenvalue weighted by Gasteiger charge is 2.59. The molecule has 1 N–H and O–H groups in total. The summed E-state index contributed by atoms with van der Waals surface area (Å²) in [7, 11) is 0. The van der Waals surface area contributed by atoms with Gasteiger partial charge in [0.15, 0.2) is 5.78 Å². The lowest BCUT2D eigenvalue weighted by Gasteiger charge is -2.58. The van der Waals surface area contributed by atoms with Crippen molar-refractivity contribution in [3.05, 3.63) is 36.0 Å². The summed E-state index contributed by atoms with van der Waals surface area (Å²) in [6, 6.07) is 0. The maximum atomic E-state index is 11.9. The van der Waals surface area contributed by atoms with Gasteiger partial charge in [-0.3, -0.25) is 4.79 Å². The molecule has 27 heavy (non-hydrogen) atoms. The maximum absolute atomic E-state index is 11.9. The third-order valence-corrected chi connectivity index (χ3v) is 9.03. The molecule has 4 rings (SSSR count). The molecular weight excluding hydrogens is 336 g/mol. The second kappa shape index (κ2) is 6.18. The smallest absolute Gasteiger partial charge is 0.335 e. The predicted molar refractivity (Wildman–Crippen MR) is 106 cm³/mol. The van der Waals surface area contributed by atoms with Crippen LogP contribution in [0.2, 0.25) is 0 Å². The molecule has 0 amide bonds. The fourth-order valence-electron chi connectivity index (χ4n) is 7.48. The third kappa shape index (κ3) is 2.61. The van der Waals surface area contributed by atoms with Crippen LogP contribution in [0.15, 0.2) is 36.0 Å². The number of hydrogen-bond donors (Lipinski definition) is 1. The Morgan fingerprint density at radius 1 is 1.07 bits per heavy atom. The van der Waals surface area contributed by atoms with Crippen molar-refractivity contribution in [1.82, 2.24) is 0 Å². The summed E-state index contributed by atoms with van der Waals surface area (Å²) in [5.41, 5.74) is 2.67. The van der Waals surface area contributed by atoms with Crippen molar-refractivity contribution in [2.24, 2.45) is 34.5 Å². The van der Waals surface area contributed by atoms with Crippen LogP contribution in [-0.4, -0.2) is 16.9 Å². The quantitative estimate of drug-likeness (QED) is 0.541. The van der Waals surface area contributed by atoms with E-state index in [1.807, 2.05) is 6.08 Å². The van der Waals surface area contributed by atoms with Crippen LogP contribution in [-0.2, 0) is 9.59 Å². The van der Waals surface area contributed by atoms with E-state index in [2.05, 4.69) is 27.0 Å². The summed E-state index contributed by atoms with van der Waals surface area (Å²) in [5, 5.41) is 9.37. The van der Waals surface area contributed by atoms with Crippen LogP contribution in [0.3, 0.4) is 0 Å². The minimum absolute atomic E-state index is 0.138. The van der Waals surface area contributed by atoms with Crippen LogP contribution >= 0.6 is 0 Å². The van der Waals surface area contributed by atoms with Crippen LogP contribution in [0, 0.1) is 34.5 Å². The van der Waals surface area contributed by atoms with Gasteiger partial charge in [-0.15, -0.1) is 0 Å². The highest BCUT2D eigenvalue weighted by Crippen LogP contribution is 2.67. The van der Waals surface area contributed by atoms with Gasteiger partial charge in [0, 0.05) is 6.42 Å². The van der Waals surface area contributed by atoms with Crippen molar-refractivity contribution in [2.75, 3.05) is 0 Å². The molecule has 3 fully saturated rings. The Balaban J connectivity index is 1.62. The number of carbonyl (C=O) groups is 2. The fraction of sp³-hybridized carbons (Fsp3) is 0.667. The van der Waals surface area contributed by atoms with Gasteiger partial charge in [0.25, 0.3) is 0 Å². The number of fused-ring (bicyclic) bond motifs is 5. The number of carboxylic acids is 1. The Hall–Kier alpha value is -1.64. The molecular formula is C24H32O3. The number of aliphatic carboxylic acids is 1. The van der Waals surface area contributed by atoms with Gasteiger partial charge in [0.05, 0.1) is 5.57 Å². The van der Waals surface area contributed by atoms with E-state index in [1.54, 1.807) is 0 Å². The highest BCUT2D eigenvalue weighted by atomic mass is 16.4. The first-order valence-corrected chi connectivity index (χ1v) is 10.5. The molecule has 4 aliphatic rings. The standard InChI is InChI=1S/C24H32O3/c1-14(15(2)22(26)27)19-7-8-20-18-6-5-16-13-17(25)9-11-23(16,3)21(18)10-12-24(19,20)4/h13,18-21H,1-2,5-12H2,3-4H3,(H,26,27)/t18-,19+,20-,21-,23-,24+/m0/s1. The number of rotatable bonds is 3. The molecule has 3 heteroatoms. The maximum Gasteiger partial charge on any atom is 0.335 e. The van der Waals surface area contributed by atoms with E-state index >= 15 is 0 Å². The molecule has 0 saturated heterocycles. The Bertz CT molecular complexity index is 760. The Morgan fingerprint density at radius 3 is 2.52 bits per heavy atom. The molecule has 0 unspecified atom stereocenters. The number of allylic oxidation sites excluding steroid dienone is 1. The minimum atomic E-state index is -0.937. The lowest BCUT2D eigenvalue weighted by atomic mass is 9.46. The zero-order valence-corrected chi connectivity index (χ0v) is 16.7. The molecule has 0 aliphatic heterocycles. The topological polar surface area (TPSA) is 54.4 Å². The molecule has 0 aromatic heterocycles. The second-order valence-electron chi connectivity index (χ2n) is 9.95. The Kier molecular flexibility index (Phi) is 4.29. The first-order chi connectivity index (χ1) is 12.7. The Labute approximate surface area is 162 Å². The number of carbonyl (C=O) groups excluding carboxylic acids is 1. The van der Waals surface area contributed by atoms with Crippen LogP contribution in [0.5, 0.6) is 0 Å². The average Bonchev–Trinajstić information content (AvgIpc) is 2.98. The van der Waals surface area contributed by atoms with E-state index in [0.29, 0.717) is 30.0 Å². The summed E-state index contributed by atoms with van der Waals surface area (Å²) in [6.07, 6.45) is 10.4. The van der Waals surface area contributed by atoms with Gasteiger partial charge in [-0.25, -0.2) is 4.79 Å². The van der Waals surface area contributed by atoms with Crippen LogP contribution in [0.1, 0.15) is 65.2 Å². The lowest BCUT2D eigenvalue weighted by molar-refractivity contribution is -0.132. The van der Waals surface area contributed by atoms with Crippen molar-refractivity contribution >= 4 is 11.8 Å². The van der Waals surface area contributed by atoms with Crippen molar-refractivity contribution in [3.63, 3.8) is 0 Å². The summed E-state index contributed by atoms with van der Waals surface area (Å²) in [6.45, 7) is 12.7. The van der Waals surface area contributed by atoms with E-state index in [1.165, 1.54) is 24.8 Å². The normalized spacial score (nSPS) is 43.2. The van der Waals surface area contributed by atoms with Gasteiger partial charge in [0.1, 0.15) is 0 Å². The van der Waals surface area contributed by atoms with Gasteiger partial charge in [0.2, 0.25) is 0 Å². The predicted octanol–water partition coefficient (Wildman–Crippen LogP) is 5.33. The summed E-state index contributed by atoms with van der Waals surface area (Å²) < 4.78 is 0. The van der Waals surface area contributed by atoms with Crippen molar-refractivity contribution in [1.29, 1.82) is 0 Å². The van der Waals surface area contributed by atoms with E-state index in [4.69, 9.17) is 0 Å². The first kappa shape index (κ1) is 18.7. The molecule has 3 saturated carbocycles. The molecule has 146 valence electrons. The molecule has 0 aromatic carbocycles. The average molecular weight is 369 g/mol. The molecule has 0 spiro atoms. The molecule has 6 atom stereocenters. The van der Waals surface area contributed by atoms with E-state index in [9.17, 15) is 14.7 Å². The third-order valence-electron chi connectivity index (χ3n) is 9.03. The molecule has 0 radical (unpaired) electrons.